The molecule has 4 saturated heterocycles. The number of ether oxygens (including phenoxy) is 6. The highest BCUT2D eigenvalue weighted by atomic mass is 28.4. The Morgan fingerprint density at radius 2 is 1.52 bits per heavy atom. The first-order valence-electron chi connectivity index (χ1n) is 19.0. The molecule has 4 fully saturated rings. The van der Waals surface area contributed by atoms with Crippen molar-refractivity contribution in [2.24, 2.45) is 0 Å². The number of nitrogen functional groups attached to an aromatic ring is 1. The van der Waals surface area contributed by atoms with Crippen LogP contribution in [0.15, 0.2) is 28.2 Å². The molecule has 0 saturated carbocycles. The molecule has 0 bridgehead atoms. The van der Waals surface area contributed by atoms with Crippen LogP contribution in [0.25, 0.3) is 11.2 Å². The minimum atomic E-state index is -2.24. The molecule has 0 spiro atoms. The molecule has 54 heavy (non-hydrogen) atoms. The van der Waals surface area contributed by atoms with Gasteiger partial charge in [-0.2, -0.15) is 0 Å². The van der Waals surface area contributed by atoms with Crippen LogP contribution < -0.4 is 17.0 Å². The third-order valence-electron chi connectivity index (χ3n) is 11.4. The standard InChI is InChI=1S/C36H55N7O10Si/c1-17(2)54(18(3)4,19(5)6)47-15-21-26-28(52-35(7,8)50-26)33(48-21)43-22(40-24-30(37)38-16-39-31(24)43)12-11-20(44)25-27-29(53-36(9,10)51-27)32(49-25)42-14-13-23(45)41-34(42)46/h13-14,16-21,25-29,32-33,44H,11-12,15H2,1-10H3,(H2,37,38,39)(H,41,45,46)/t20-,21+,25+,26+,27+,28+,29+,32+,33+/m0/s1. The molecular formula is C36H55N7O10Si. The number of hydrogen-bond donors (Lipinski definition) is 3. The Kier molecular flexibility index (Phi) is 10.3. The molecule has 0 amide bonds. The number of anilines is 1. The zero-order chi connectivity index (χ0) is 39.1. The van der Waals surface area contributed by atoms with Crippen LogP contribution in [0.5, 0.6) is 0 Å². The first-order valence-corrected chi connectivity index (χ1v) is 21.1. The van der Waals surface area contributed by atoms with E-state index in [-0.39, 0.29) is 18.7 Å². The average Bonchev–Trinajstić information content (AvgIpc) is 3.84. The molecule has 9 atom stereocenters. The summed E-state index contributed by atoms with van der Waals surface area (Å²) in [6.07, 6.45) is -3.31. The molecular weight excluding hydrogens is 719 g/mol. The summed E-state index contributed by atoms with van der Waals surface area (Å²) in [5, 5.41) is 11.7. The van der Waals surface area contributed by atoms with E-state index >= 15 is 0 Å². The van der Waals surface area contributed by atoms with Gasteiger partial charge in [-0.25, -0.2) is 19.7 Å². The summed E-state index contributed by atoms with van der Waals surface area (Å²) < 4.78 is 48.6. The summed E-state index contributed by atoms with van der Waals surface area (Å²) >= 11 is 0. The molecule has 18 heteroatoms. The largest absolute Gasteiger partial charge is 0.413 e. The van der Waals surface area contributed by atoms with Crippen LogP contribution in [0.4, 0.5) is 5.82 Å². The van der Waals surface area contributed by atoms with Gasteiger partial charge < -0.3 is 43.7 Å². The SMILES string of the molecule is CC(C)[Si](OC[C@H]1O[C@@H](n2c(CC[C@H](O)[C@H]3O[C@@H](n4ccc(=O)[nH]c4=O)[C@@H]4OC(C)(C)O[C@@H]43)nc3c(N)ncnc32)[C@@H]2OC(C)(C)O[C@@H]21)(C(C)C)C(C)C. The number of nitrogens with one attached hydrogen (secondary N) is 1. The van der Waals surface area contributed by atoms with Crippen molar-refractivity contribution in [3.8, 4) is 0 Å². The number of aromatic amines is 1. The number of nitrogens with two attached hydrogens (primary N) is 1. The quantitative estimate of drug-likeness (QED) is 0.226. The van der Waals surface area contributed by atoms with E-state index in [1.807, 2.05) is 18.4 Å². The second-order valence-corrected chi connectivity index (χ2v) is 22.2. The van der Waals surface area contributed by atoms with E-state index in [4.69, 9.17) is 43.6 Å². The topological polar surface area (TPSA) is 209 Å². The molecule has 4 N–H and O–H groups in total. The van der Waals surface area contributed by atoms with E-state index in [1.54, 1.807) is 13.8 Å². The van der Waals surface area contributed by atoms with Gasteiger partial charge in [-0.05, 0) is 50.7 Å². The van der Waals surface area contributed by atoms with Crippen molar-refractivity contribution in [3.05, 3.63) is 45.3 Å². The predicted octanol–water partition coefficient (Wildman–Crippen LogP) is 3.28. The molecule has 17 nitrogen and oxygen atoms in total. The Morgan fingerprint density at radius 3 is 2.15 bits per heavy atom. The number of imidazole rings is 1. The maximum atomic E-state index is 12.8. The highest BCUT2D eigenvalue weighted by Crippen LogP contribution is 2.48. The van der Waals surface area contributed by atoms with Gasteiger partial charge in [0.15, 0.2) is 49.3 Å². The van der Waals surface area contributed by atoms with Crippen LogP contribution in [-0.4, -0.2) is 103 Å². The third kappa shape index (κ3) is 6.76. The summed E-state index contributed by atoms with van der Waals surface area (Å²) in [5.41, 5.74) is 7.16. The van der Waals surface area contributed by atoms with Gasteiger partial charge in [0.25, 0.3) is 5.56 Å². The van der Waals surface area contributed by atoms with E-state index in [0.717, 1.165) is 0 Å². The zero-order valence-corrected chi connectivity index (χ0v) is 33.7. The number of nitrogens with zero attached hydrogens (tertiary/aromatic N) is 5. The Bertz CT molecular complexity index is 1940. The van der Waals surface area contributed by atoms with Crippen LogP contribution >= 0.6 is 0 Å². The molecule has 7 rings (SSSR count). The lowest BCUT2D eigenvalue weighted by molar-refractivity contribution is -0.208. The molecule has 0 unspecified atom stereocenters. The number of rotatable bonds is 12. The summed E-state index contributed by atoms with van der Waals surface area (Å²) in [5.74, 6) is -1.13. The van der Waals surface area contributed by atoms with Crippen molar-refractivity contribution in [3.63, 3.8) is 0 Å². The molecule has 3 aromatic heterocycles. The summed E-state index contributed by atoms with van der Waals surface area (Å²) in [6.45, 7) is 21.1. The number of aromatic nitrogens is 6. The Balaban J connectivity index is 1.17. The van der Waals surface area contributed by atoms with Crippen LogP contribution in [-0.2, 0) is 39.3 Å². The highest BCUT2D eigenvalue weighted by molar-refractivity contribution is 6.77. The number of H-pyrrole nitrogens is 1. The second-order valence-electron chi connectivity index (χ2n) is 16.8. The van der Waals surface area contributed by atoms with Crippen LogP contribution in [0.2, 0.25) is 16.6 Å². The monoisotopic (exact) mass is 773 g/mol. The van der Waals surface area contributed by atoms with Gasteiger partial charge >= 0.3 is 5.69 Å². The molecule has 298 valence electrons. The lowest BCUT2D eigenvalue weighted by Crippen LogP contribution is -2.50. The minimum absolute atomic E-state index is 0.170. The minimum Gasteiger partial charge on any atom is -0.413 e. The first-order chi connectivity index (χ1) is 25.3. The number of hydrogen-bond acceptors (Lipinski definition) is 14. The van der Waals surface area contributed by atoms with Crippen LogP contribution in [0.1, 0.15) is 93.9 Å². The Labute approximate surface area is 314 Å². The summed E-state index contributed by atoms with van der Waals surface area (Å²) in [6, 6.07) is 1.23. The molecule has 3 aromatic rings. The fraction of sp³-hybridized carbons (Fsp3) is 0.750. The van der Waals surface area contributed by atoms with Crippen molar-refractivity contribution in [2.75, 3.05) is 12.3 Å². The number of aliphatic hydroxyl groups excluding tert-OH is 1. The smallest absolute Gasteiger partial charge is 0.330 e. The normalized spacial score (nSPS) is 30.9. The van der Waals surface area contributed by atoms with Gasteiger partial charge in [0.05, 0.1) is 12.7 Å². The van der Waals surface area contributed by atoms with Gasteiger partial charge in [0, 0.05) is 18.7 Å². The molecule has 4 aliphatic rings. The first kappa shape index (κ1) is 39.2. The Morgan fingerprint density at radius 1 is 0.907 bits per heavy atom. The van der Waals surface area contributed by atoms with E-state index in [2.05, 4.69) is 56.5 Å². The average molecular weight is 774 g/mol. The van der Waals surface area contributed by atoms with E-state index in [1.165, 1.54) is 23.2 Å². The van der Waals surface area contributed by atoms with E-state index < -0.39 is 86.3 Å². The van der Waals surface area contributed by atoms with Crippen molar-refractivity contribution < 1.29 is 38.0 Å². The van der Waals surface area contributed by atoms with Gasteiger partial charge in [0.1, 0.15) is 48.8 Å². The molecule has 0 aliphatic carbocycles. The fourth-order valence-corrected chi connectivity index (χ4v) is 14.8. The molecule has 0 aromatic carbocycles. The summed E-state index contributed by atoms with van der Waals surface area (Å²) in [4.78, 5) is 40.5. The third-order valence-corrected chi connectivity index (χ3v) is 17.5. The summed E-state index contributed by atoms with van der Waals surface area (Å²) in [7, 11) is -2.24. The lowest BCUT2D eigenvalue weighted by Gasteiger charge is -2.43. The van der Waals surface area contributed by atoms with Crippen LogP contribution in [0.3, 0.4) is 0 Å². The zero-order valence-electron chi connectivity index (χ0n) is 32.7. The Hall–Kier alpha value is -3.07. The fourth-order valence-electron chi connectivity index (χ4n) is 9.35. The van der Waals surface area contributed by atoms with E-state index in [9.17, 15) is 14.7 Å². The predicted molar refractivity (Wildman–Crippen MR) is 198 cm³/mol. The van der Waals surface area contributed by atoms with E-state index in [0.29, 0.717) is 40.2 Å². The maximum absolute atomic E-state index is 12.8. The molecule has 7 heterocycles. The van der Waals surface area contributed by atoms with Crippen molar-refractivity contribution >= 4 is 25.3 Å². The highest BCUT2D eigenvalue weighted by Gasteiger charge is 2.59. The van der Waals surface area contributed by atoms with Crippen molar-refractivity contribution in [1.82, 2.24) is 29.1 Å². The van der Waals surface area contributed by atoms with Gasteiger partial charge in [0.2, 0.25) is 0 Å². The number of fused-ring (bicyclic) bond motifs is 3. The lowest BCUT2D eigenvalue weighted by atomic mass is 10.0. The van der Waals surface area contributed by atoms with Crippen molar-refractivity contribution in [2.45, 2.75) is 165 Å². The van der Waals surface area contributed by atoms with Gasteiger partial charge in [-0.3, -0.25) is 18.9 Å². The van der Waals surface area contributed by atoms with Gasteiger partial charge in [-0.15, -0.1) is 0 Å². The molecule has 0 radical (unpaired) electrons. The van der Waals surface area contributed by atoms with Crippen molar-refractivity contribution in [1.29, 1.82) is 0 Å². The number of aliphatic hydroxyl groups is 1. The number of aryl methyl sites for hydroxylation is 1. The van der Waals surface area contributed by atoms with Gasteiger partial charge in [-0.1, -0.05) is 41.5 Å². The molecule has 4 aliphatic heterocycles. The van der Waals surface area contributed by atoms with Crippen LogP contribution in [0, 0.1) is 0 Å². The maximum Gasteiger partial charge on any atom is 0.330 e. The second kappa shape index (κ2) is 14.1.